The normalized spacial score (nSPS) is 19.7. The van der Waals surface area contributed by atoms with Crippen molar-refractivity contribution in [3.8, 4) is 0 Å². The Hall–Kier alpha value is -2.62. The summed E-state index contributed by atoms with van der Waals surface area (Å²) >= 11 is 1.44. The lowest BCUT2D eigenvalue weighted by molar-refractivity contribution is 0.435. The number of aromatic nitrogens is 5. The van der Waals surface area contributed by atoms with E-state index in [-0.39, 0.29) is 12.0 Å². The zero-order valence-corrected chi connectivity index (χ0v) is 17.5. The van der Waals surface area contributed by atoms with Gasteiger partial charge in [-0.1, -0.05) is 6.07 Å². The first kappa shape index (κ1) is 19.3. The van der Waals surface area contributed by atoms with E-state index < -0.39 is 11.6 Å². The summed E-state index contributed by atoms with van der Waals surface area (Å²) in [6.45, 7) is 4.48. The number of nitrogens with one attached hydrogen (secondary N) is 1. The van der Waals surface area contributed by atoms with E-state index in [0.29, 0.717) is 11.5 Å². The summed E-state index contributed by atoms with van der Waals surface area (Å²) in [5, 5.41) is 9.04. The van der Waals surface area contributed by atoms with E-state index in [0.717, 1.165) is 68.2 Å². The molecule has 10 heteroatoms. The lowest BCUT2D eigenvalue weighted by atomic mass is 9.91. The highest BCUT2D eigenvalue weighted by molar-refractivity contribution is 7.09. The van der Waals surface area contributed by atoms with Crippen LogP contribution < -0.4 is 10.2 Å². The van der Waals surface area contributed by atoms with Crippen molar-refractivity contribution in [2.45, 2.75) is 51.1 Å². The lowest BCUT2D eigenvalue weighted by Crippen LogP contribution is -2.39. The monoisotopic (exact) mass is 431 g/mol. The lowest BCUT2D eigenvalue weighted by Gasteiger charge is -2.31. The van der Waals surface area contributed by atoms with Crippen molar-refractivity contribution in [2.24, 2.45) is 0 Å². The second-order valence-electron chi connectivity index (χ2n) is 7.91. The molecule has 1 atom stereocenters. The van der Waals surface area contributed by atoms with Gasteiger partial charge < -0.3 is 10.2 Å². The Bertz CT molecular complexity index is 1040. The van der Waals surface area contributed by atoms with Gasteiger partial charge in [-0.05, 0) is 44.2 Å². The van der Waals surface area contributed by atoms with Gasteiger partial charge in [-0.2, -0.15) is 9.36 Å². The molecule has 0 saturated carbocycles. The van der Waals surface area contributed by atoms with Gasteiger partial charge in [0.15, 0.2) is 0 Å². The molecule has 2 aromatic heterocycles. The minimum absolute atomic E-state index is 0.204. The maximum absolute atomic E-state index is 14.4. The van der Waals surface area contributed by atoms with Crippen LogP contribution in [0.2, 0.25) is 0 Å². The van der Waals surface area contributed by atoms with Gasteiger partial charge in [0, 0.05) is 49.2 Å². The molecule has 0 radical (unpaired) electrons. The number of benzene rings is 1. The number of piperidine rings is 1. The van der Waals surface area contributed by atoms with Gasteiger partial charge in [-0.3, -0.25) is 0 Å². The van der Waals surface area contributed by atoms with Crippen molar-refractivity contribution in [2.75, 3.05) is 23.3 Å². The van der Waals surface area contributed by atoms with E-state index in [1.54, 1.807) is 0 Å². The van der Waals surface area contributed by atoms with Crippen molar-refractivity contribution in [1.29, 1.82) is 0 Å². The second-order valence-corrected chi connectivity index (χ2v) is 8.64. The molecule has 1 aromatic carbocycles. The number of aryl methyl sites for hydroxylation is 2. The molecule has 3 aromatic rings. The molecule has 4 heterocycles. The molecule has 0 amide bonds. The Morgan fingerprint density at radius 1 is 1.10 bits per heavy atom. The summed E-state index contributed by atoms with van der Waals surface area (Å²) in [7, 11) is 0. The van der Waals surface area contributed by atoms with Gasteiger partial charge in [0.25, 0.3) is 0 Å². The smallest absolute Gasteiger partial charge is 0.242 e. The van der Waals surface area contributed by atoms with E-state index in [1.165, 1.54) is 23.7 Å². The molecule has 1 N–H and O–H groups in total. The van der Waals surface area contributed by atoms with Gasteiger partial charge in [0.2, 0.25) is 11.1 Å². The average Bonchev–Trinajstić information content (AvgIpc) is 3.34. The largest absolute Gasteiger partial charge is 0.350 e. The molecule has 30 heavy (non-hydrogen) atoms. The summed E-state index contributed by atoms with van der Waals surface area (Å²) in [5.74, 6) is 0.858. The molecule has 0 bridgehead atoms. The Kier molecular flexibility index (Phi) is 5.10. The zero-order valence-electron chi connectivity index (χ0n) is 16.7. The standard InChI is InChI=1S/C20H23F2N7S/c1-12-23-20(30-27-12)28-9-6-14(7-10-28)24-19-25-18-16(3-2-8-29(18)26-19)15-5-4-13(21)11-17(15)22/h4-5,11,14,16H,2-3,6-10H2,1H3,(H,24,26). The molecule has 1 saturated heterocycles. The SMILES string of the molecule is Cc1nsc(N2CCC(Nc3nc4n(n3)CCCC4c3ccc(F)cc3F)CC2)n1. The molecule has 2 aliphatic rings. The second kappa shape index (κ2) is 7.90. The van der Waals surface area contributed by atoms with Crippen LogP contribution in [0.1, 0.15) is 48.8 Å². The number of hydrogen-bond donors (Lipinski definition) is 1. The topological polar surface area (TPSA) is 71.8 Å². The number of nitrogens with zero attached hydrogens (tertiary/aromatic N) is 6. The van der Waals surface area contributed by atoms with E-state index in [1.807, 2.05) is 11.6 Å². The van der Waals surface area contributed by atoms with Crippen LogP contribution in [0.3, 0.4) is 0 Å². The Balaban J connectivity index is 1.28. The quantitative estimate of drug-likeness (QED) is 0.679. The third-order valence-electron chi connectivity index (χ3n) is 5.83. The fourth-order valence-corrected chi connectivity index (χ4v) is 5.03. The summed E-state index contributed by atoms with van der Waals surface area (Å²) in [4.78, 5) is 11.4. The van der Waals surface area contributed by atoms with Gasteiger partial charge in [-0.15, -0.1) is 5.10 Å². The predicted molar refractivity (Wildman–Crippen MR) is 111 cm³/mol. The van der Waals surface area contributed by atoms with Crippen LogP contribution in [0, 0.1) is 18.6 Å². The van der Waals surface area contributed by atoms with Gasteiger partial charge in [0.1, 0.15) is 23.3 Å². The number of fused-ring (bicyclic) bond motifs is 1. The molecule has 0 spiro atoms. The number of halogens is 2. The number of anilines is 2. The van der Waals surface area contributed by atoms with Crippen molar-refractivity contribution in [1.82, 2.24) is 24.1 Å². The molecular formula is C20H23F2N7S. The third-order valence-corrected chi connectivity index (χ3v) is 6.70. The van der Waals surface area contributed by atoms with Crippen LogP contribution >= 0.6 is 11.5 Å². The molecule has 7 nitrogen and oxygen atoms in total. The van der Waals surface area contributed by atoms with Crippen LogP contribution in [-0.2, 0) is 6.54 Å². The summed E-state index contributed by atoms with van der Waals surface area (Å²) < 4.78 is 33.8. The molecule has 0 aliphatic carbocycles. The minimum Gasteiger partial charge on any atom is -0.350 e. The van der Waals surface area contributed by atoms with Gasteiger partial charge in [0.05, 0.1) is 0 Å². The summed E-state index contributed by atoms with van der Waals surface area (Å²) in [5.41, 5.74) is 0.483. The Morgan fingerprint density at radius 2 is 1.93 bits per heavy atom. The maximum atomic E-state index is 14.4. The van der Waals surface area contributed by atoms with Crippen molar-refractivity contribution < 1.29 is 8.78 Å². The first-order chi connectivity index (χ1) is 14.6. The van der Waals surface area contributed by atoms with E-state index >= 15 is 0 Å². The van der Waals surface area contributed by atoms with Crippen molar-refractivity contribution >= 4 is 22.6 Å². The summed E-state index contributed by atoms with van der Waals surface area (Å²) in [6, 6.07) is 4.05. The molecule has 2 aliphatic heterocycles. The van der Waals surface area contributed by atoms with Gasteiger partial charge in [-0.25, -0.2) is 18.4 Å². The number of hydrogen-bond acceptors (Lipinski definition) is 7. The van der Waals surface area contributed by atoms with E-state index in [4.69, 9.17) is 4.98 Å². The van der Waals surface area contributed by atoms with E-state index in [9.17, 15) is 8.78 Å². The molecule has 5 rings (SSSR count). The van der Waals surface area contributed by atoms with Crippen LogP contribution in [0.5, 0.6) is 0 Å². The molecule has 1 unspecified atom stereocenters. The van der Waals surface area contributed by atoms with Gasteiger partial charge >= 0.3 is 0 Å². The first-order valence-electron chi connectivity index (χ1n) is 10.3. The number of rotatable bonds is 4. The molecule has 158 valence electrons. The molecular weight excluding hydrogens is 408 g/mol. The fraction of sp³-hybridized carbons (Fsp3) is 0.500. The average molecular weight is 432 g/mol. The highest BCUT2D eigenvalue weighted by Gasteiger charge is 2.29. The van der Waals surface area contributed by atoms with Crippen LogP contribution in [0.4, 0.5) is 19.9 Å². The van der Waals surface area contributed by atoms with Crippen molar-refractivity contribution in [3.05, 3.63) is 47.0 Å². The Labute approximate surface area is 177 Å². The maximum Gasteiger partial charge on any atom is 0.242 e. The van der Waals surface area contributed by atoms with Crippen LogP contribution in [0.25, 0.3) is 0 Å². The van der Waals surface area contributed by atoms with Crippen molar-refractivity contribution in [3.63, 3.8) is 0 Å². The fourth-order valence-electron chi connectivity index (χ4n) is 4.30. The zero-order chi connectivity index (χ0) is 20.7. The molecule has 1 fully saturated rings. The summed E-state index contributed by atoms with van der Waals surface area (Å²) in [6.07, 6.45) is 3.58. The van der Waals surface area contributed by atoms with Crippen LogP contribution in [0.15, 0.2) is 18.2 Å². The van der Waals surface area contributed by atoms with Crippen LogP contribution in [-0.4, -0.2) is 43.3 Å². The first-order valence-corrected chi connectivity index (χ1v) is 11.1. The third kappa shape index (κ3) is 3.76. The highest BCUT2D eigenvalue weighted by atomic mass is 32.1. The van der Waals surface area contributed by atoms with E-state index in [2.05, 4.69) is 24.7 Å². The minimum atomic E-state index is -0.564. The predicted octanol–water partition coefficient (Wildman–Crippen LogP) is 3.72. The highest BCUT2D eigenvalue weighted by Crippen LogP contribution is 2.34. The Morgan fingerprint density at radius 3 is 2.67 bits per heavy atom.